The van der Waals surface area contributed by atoms with Crippen LogP contribution < -0.4 is 10.1 Å². The summed E-state index contributed by atoms with van der Waals surface area (Å²) in [4.78, 5) is 12.1. The number of hydrogen-bond acceptors (Lipinski definition) is 4. The number of amides is 1. The highest BCUT2D eigenvalue weighted by Crippen LogP contribution is 2.14. The predicted molar refractivity (Wildman–Crippen MR) is 77.0 cm³/mol. The molecule has 0 saturated carbocycles. The minimum absolute atomic E-state index is 0.182. The van der Waals surface area contributed by atoms with Crippen LogP contribution in [-0.4, -0.2) is 39.1 Å². The number of carbonyl (C=O) groups excluding carboxylic acids is 1. The summed E-state index contributed by atoms with van der Waals surface area (Å²) in [7, 11) is 3.08. The number of benzene rings is 1. The van der Waals surface area contributed by atoms with E-state index in [1.807, 2.05) is 19.9 Å². The first kappa shape index (κ1) is 16.5. The second kappa shape index (κ2) is 8.55. The number of methoxy groups -OCH3 is 2. The van der Waals surface area contributed by atoms with Crippen molar-refractivity contribution in [2.24, 2.45) is 0 Å². The van der Waals surface area contributed by atoms with Crippen molar-refractivity contribution in [2.45, 2.75) is 32.6 Å². The largest absolute Gasteiger partial charge is 0.494 e. The molecular formula is C15H23NO4. The van der Waals surface area contributed by atoms with Crippen molar-refractivity contribution in [2.75, 3.05) is 20.8 Å². The molecule has 0 aromatic heterocycles. The molecule has 5 heteroatoms. The van der Waals surface area contributed by atoms with E-state index in [4.69, 9.17) is 14.2 Å². The van der Waals surface area contributed by atoms with Crippen molar-refractivity contribution in [1.82, 2.24) is 5.32 Å². The van der Waals surface area contributed by atoms with Crippen LogP contribution in [-0.2, 0) is 9.47 Å². The molecular weight excluding hydrogens is 258 g/mol. The fourth-order valence-electron chi connectivity index (χ4n) is 1.81. The summed E-state index contributed by atoms with van der Waals surface area (Å²) in [5, 5.41) is 2.84. The zero-order valence-corrected chi connectivity index (χ0v) is 12.5. The molecule has 0 heterocycles. The van der Waals surface area contributed by atoms with Crippen LogP contribution in [0.2, 0.25) is 0 Å². The lowest BCUT2D eigenvalue weighted by molar-refractivity contribution is -0.117. The van der Waals surface area contributed by atoms with E-state index in [9.17, 15) is 4.79 Å². The lowest BCUT2D eigenvalue weighted by atomic mass is 10.2. The Morgan fingerprint density at radius 3 is 2.60 bits per heavy atom. The summed E-state index contributed by atoms with van der Waals surface area (Å²) in [6, 6.07) is 6.86. The van der Waals surface area contributed by atoms with E-state index in [0.29, 0.717) is 17.9 Å². The minimum atomic E-state index is -0.474. The van der Waals surface area contributed by atoms with Gasteiger partial charge in [-0.05, 0) is 31.5 Å². The van der Waals surface area contributed by atoms with Gasteiger partial charge in [-0.1, -0.05) is 13.0 Å². The first-order valence-corrected chi connectivity index (χ1v) is 6.71. The van der Waals surface area contributed by atoms with Crippen molar-refractivity contribution >= 4 is 5.91 Å². The molecule has 0 fully saturated rings. The zero-order valence-electron chi connectivity index (χ0n) is 12.5. The Morgan fingerprint density at radius 2 is 2.00 bits per heavy atom. The van der Waals surface area contributed by atoms with Crippen LogP contribution in [0.4, 0.5) is 0 Å². The molecule has 0 saturated heterocycles. The van der Waals surface area contributed by atoms with Crippen molar-refractivity contribution in [3.63, 3.8) is 0 Å². The van der Waals surface area contributed by atoms with E-state index in [0.717, 1.165) is 6.42 Å². The molecule has 1 unspecified atom stereocenters. The van der Waals surface area contributed by atoms with Gasteiger partial charge in [-0.3, -0.25) is 4.79 Å². The summed E-state index contributed by atoms with van der Waals surface area (Å²) in [6.45, 7) is 4.50. The lowest BCUT2D eigenvalue weighted by Gasteiger charge is -2.22. The Kier molecular flexibility index (Phi) is 7.04. The summed E-state index contributed by atoms with van der Waals surface area (Å²) in [5.74, 6) is 0.515. The zero-order chi connectivity index (χ0) is 15.0. The molecule has 0 radical (unpaired) electrons. The van der Waals surface area contributed by atoms with Crippen LogP contribution >= 0.6 is 0 Å². The molecule has 1 aromatic rings. The van der Waals surface area contributed by atoms with Crippen LogP contribution in [0.15, 0.2) is 24.3 Å². The monoisotopic (exact) mass is 281 g/mol. The van der Waals surface area contributed by atoms with Crippen LogP contribution in [0, 0.1) is 0 Å². The predicted octanol–water partition coefficient (Wildman–Crippen LogP) is 2.21. The molecule has 1 rings (SSSR count). The minimum Gasteiger partial charge on any atom is -0.494 e. The summed E-state index contributed by atoms with van der Waals surface area (Å²) >= 11 is 0. The number of rotatable bonds is 8. The molecule has 0 aliphatic rings. The molecule has 1 amide bonds. The van der Waals surface area contributed by atoms with Gasteiger partial charge in [0.1, 0.15) is 5.75 Å². The molecule has 1 aromatic carbocycles. The van der Waals surface area contributed by atoms with Gasteiger partial charge >= 0.3 is 0 Å². The number of carbonyl (C=O) groups is 1. The number of hydrogen-bond donors (Lipinski definition) is 1. The van der Waals surface area contributed by atoms with E-state index < -0.39 is 6.29 Å². The molecule has 20 heavy (non-hydrogen) atoms. The van der Waals surface area contributed by atoms with Crippen molar-refractivity contribution in [3.05, 3.63) is 29.8 Å². The van der Waals surface area contributed by atoms with Crippen molar-refractivity contribution in [1.29, 1.82) is 0 Å². The average molecular weight is 281 g/mol. The number of ether oxygens (including phenoxy) is 3. The van der Waals surface area contributed by atoms with Gasteiger partial charge in [0.25, 0.3) is 5.91 Å². The van der Waals surface area contributed by atoms with Crippen molar-refractivity contribution < 1.29 is 19.0 Å². The third kappa shape index (κ3) is 4.83. The Bertz CT molecular complexity index is 418. The van der Waals surface area contributed by atoms with Gasteiger partial charge in [-0.15, -0.1) is 0 Å². The smallest absolute Gasteiger partial charge is 0.251 e. The second-order valence-electron chi connectivity index (χ2n) is 4.48. The van der Waals surface area contributed by atoms with E-state index >= 15 is 0 Å². The molecule has 1 N–H and O–H groups in total. The van der Waals surface area contributed by atoms with Crippen LogP contribution in [0.1, 0.15) is 30.6 Å². The molecule has 1 atom stereocenters. The van der Waals surface area contributed by atoms with E-state index in [2.05, 4.69) is 5.32 Å². The summed E-state index contributed by atoms with van der Waals surface area (Å²) in [5.41, 5.74) is 0.552. The maximum atomic E-state index is 12.1. The topological polar surface area (TPSA) is 56.8 Å². The standard InChI is InChI=1S/C15H23NO4/c1-5-9-20-13-8-6-7-12(10-13)14(17)16-11(2)15(18-3)19-4/h6-8,10-11,15H,5,9H2,1-4H3,(H,16,17). The summed E-state index contributed by atoms with van der Waals surface area (Å²) in [6.07, 6.45) is 0.454. The van der Waals surface area contributed by atoms with Gasteiger partial charge in [-0.25, -0.2) is 0 Å². The molecule has 112 valence electrons. The van der Waals surface area contributed by atoms with Crippen LogP contribution in [0.5, 0.6) is 5.75 Å². The Hall–Kier alpha value is -1.59. The third-order valence-electron chi connectivity index (χ3n) is 2.80. The van der Waals surface area contributed by atoms with Crippen molar-refractivity contribution in [3.8, 4) is 5.75 Å². The number of nitrogens with one attached hydrogen (secondary N) is 1. The van der Waals surface area contributed by atoms with Gasteiger partial charge in [0.05, 0.1) is 12.6 Å². The van der Waals surface area contributed by atoms with E-state index in [-0.39, 0.29) is 11.9 Å². The molecule has 0 aliphatic carbocycles. The van der Waals surface area contributed by atoms with Gasteiger partial charge in [0.2, 0.25) is 0 Å². The SMILES string of the molecule is CCCOc1cccc(C(=O)NC(C)C(OC)OC)c1. The summed E-state index contributed by atoms with van der Waals surface area (Å²) < 4.78 is 15.7. The Labute approximate surface area is 120 Å². The first-order valence-electron chi connectivity index (χ1n) is 6.71. The van der Waals surface area contributed by atoms with Gasteiger partial charge < -0.3 is 19.5 Å². The van der Waals surface area contributed by atoms with E-state index in [1.54, 1.807) is 18.2 Å². The van der Waals surface area contributed by atoms with Crippen LogP contribution in [0.25, 0.3) is 0 Å². The van der Waals surface area contributed by atoms with Gasteiger partial charge in [0, 0.05) is 19.8 Å². The molecule has 0 spiro atoms. The normalized spacial score (nSPS) is 12.2. The highest BCUT2D eigenvalue weighted by atomic mass is 16.7. The fraction of sp³-hybridized carbons (Fsp3) is 0.533. The molecule has 5 nitrogen and oxygen atoms in total. The Balaban J connectivity index is 2.67. The van der Waals surface area contributed by atoms with Crippen LogP contribution in [0.3, 0.4) is 0 Å². The maximum Gasteiger partial charge on any atom is 0.251 e. The average Bonchev–Trinajstić information content (AvgIpc) is 2.46. The maximum absolute atomic E-state index is 12.1. The van der Waals surface area contributed by atoms with Gasteiger partial charge in [0.15, 0.2) is 6.29 Å². The third-order valence-corrected chi connectivity index (χ3v) is 2.80. The lowest BCUT2D eigenvalue weighted by Crippen LogP contribution is -2.42. The molecule has 0 aliphatic heterocycles. The Morgan fingerprint density at radius 1 is 1.30 bits per heavy atom. The quantitative estimate of drug-likeness (QED) is 0.742. The fourth-order valence-corrected chi connectivity index (χ4v) is 1.81. The van der Waals surface area contributed by atoms with Gasteiger partial charge in [-0.2, -0.15) is 0 Å². The van der Waals surface area contributed by atoms with E-state index in [1.165, 1.54) is 14.2 Å². The highest BCUT2D eigenvalue weighted by molar-refractivity contribution is 5.94. The highest BCUT2D eigenvalue weighted by Gasteiger charge is 2.18. The molecule has 0 bridgehead atoms. The first-order chi connectivity index (χ1) is 9.62. The second-order valence-corrected chi connectivity index (χ2v) is 4.48.